The molecule has 3 aromatic heterocycles. The van der Waals surface area contributed by atoms with Crippen molar-refractivity contribution in [2.45, 2.75) is 44.3 Å². The number of nitrogens with zero attached hydrogens (tertiary/aromatic N) is 2. The van der Waals surface area contributed by atoms with E-state index < -0.39 is 26.5 Å². The fraction of sp³-hybridized carbons (Fsp3) is 0.167. The SMILES string of the molecule is [2H]C([2H])([2H])c1c[c-]c(-c2cc(C([2H])([2H])C(C)C)ccn2)c2oc3c(-c4ccc(F)cc4)cccc3c12.[CH3][Ge]([CH3])([CH3])[c]1ccc(-c2[c-]ccc(-c3ccccc3)c2)nc1.[Ir]. The molecule has 0 aliphatic carbocycles. The summed E-state index contributed by atoms with van der Waals surface area (Å²) in [6.45, 7) is 1.21. The molecule has 0 spiro atoms. The summed E-state index contributed by atoms with van der Waals surface area (Å²) >= 11 is -1.79. The van der Waals surface area contributed by atoms with E-state index >= 15 is 0 Å². The number of hydrogen-bond acceptors (Lipinski definition) is 3. The first-order valence-electron chi connectivity index (χ1n) is 20.2. The summed E-state index contributed by atoms with van der Waals surface area (Å²) in [5, 5.41) is 1.05. The van der Waals surface area contributed by atoms with E-state index in [1.165, 1.54) is 39.9 Å². The number of rotatable bonds is 7. The standard InChI is InChI=1S/C28H23FNO.C20H20GeN.Ir/c1-17(2)15-19-13-14-30-25(16-19)23-12-7-18(3)26-24-6-4-5-22(27(24)31-28(23)26)20-8-10-21(29)11-9-20;1-21(2,3)19-12-13-20(22-15-19)18-11-7-10-17(14-18)16-8-5-4-6-9-16;/h4-11,13-14,16-17H,15H2,1-3H3;4-10,12-15H,1-3H3;/q2*-1;/i3D3,15D2;;. The van der Waals surface area contributed by atoms with Crippen LogP contribution in [0.4, 0.5) is 4.39 Å². The summed E-state index contributed by atoms with van der Waals surface area (Å²) in [6, 6.07) is 43.6. The Bertz CT molecular complexity index is 2710. The fourth-order valence-corrected chi connectivity index (χ4v) is 8.48. The molecule has 0 fully saturated rings. The van der Waals surface area contributed by atoms with Crippen molar-refractivity contribution in [2.75, 3.05) is 0 Å². The molecule has 3 heterocycles. The minimum atomic E-state index is -2.42. The van der Waals surface area contributed by atoms with E-state index in [0.29, 0.717) is 44.3 Å². The van der Waals surface area contributed by atoms with E-state index in [-0.39, 0.29) is 37.4 Å². The molecule has 0 saturated carbocycles. The molecule has 0 saturated heterocycles. The topological polar surface area (TPSA) is 38.9 Å². The maximum atomic E-state index is 13.6. The van der Waals surface area contributed by atoms with Crippen molar-refractivity contribution in [1.29, 1.82) is 0 Å². The van der Waals surface area contributed by atoms with Gasteiger partial charge in [0.15, 0.2) is 0 Å². The molecule has 273 valence electrons. The second-order valence-electron chi connectivity index (χ2n) is 14.3. The second-order valence-corrected chi connectivity index (χ2v) is 25.0. The summed E-state index contributed by atoms with van der Waals surface area (Å²) in [6.07, 6.45) is 2.01. The fourth-order valence-electron chi connectivity index (χ4n) is 6.30. The number of para-hydroxylation sites is 1. The molecular weight excluding hydrogens is 904 g/mol. The van der Waals surface area contributed by atoms with Crippen LogP contribution in [-0.2, 0) is 26.5 Å². The summed E-state index contributed by atoms with van der Waals surface area (Å²) in [5.74, 6) is 6.54. The van der Waals surface area contributed by atoms with Crippen molar-refractivity contribution in [3.63, 3.8) is 0 Å². The molecule has 0 atom stereocenters. The largest absolute Gasteiger partial charge is 0 e. The molecule has 0 aliphatic rings. The van der Waals surface area contributed by atoms with Crippen molar-refractivity contribution in [1.82, 2.24) is 9.97 Å². The third-order valence-electron chi connectivity index (χ3n) is 9.01. The van der Waals surface area contributed by atoms with E-state index in [4.69, 9.17) is 11.3 Å². The van der Waals surface area contributed by atoms with Gasteiger partial charge in [0.05, 0.1) is 5.58 Å². The first-order chi connectivity index (χ1) is 27.5. The molecular formula is C48H43FGeIrN2O-2. The van der Waals surface area contributed by atoms with E-state index in [1.54, 1.807) is 30.3 Å². The van der Waals surface area contributed by atoms with Gasteiger partial charge < -0.3 is 9.40 Å². The summed E-state index contributed by atoms with van der Waals surface area (Å²) in [4.78, 5) is 9.11. The van der Waals surface area contributed by atoms with E-state index in [1.807, 2.05) is 38.1 Å². The zero-order valence-electron chi connectivity index (χ0n) is 35.8. The Balaban J connectivity index is 0.000000218. The summed E-state index contributed by atoms with van der Waals surface area (Å²) in [7, 11) is 0. The minimum absolute atomic E-state index is 0. The van der Waals surface area contributed by atoms with Gasteiger partial charge in [-0.2, -0.15) is 0 Å². The van der Waals surface area contributed by atoms with E-state index in [2.05, 4.69) is 94.1 Å². The molecule has 0 aliphatic heterocycles. The molecule has 1 radical (unpaired) electrons. The molecule has 3 nitrogen and oxygen atoms in total. The Hall–Kier alpha value is -4.68. The normalized spacial score (nSPS) is 13.2. The maximum absolute atomic E-state index is 13.6. The van der Waals surface area contributed by atoms with Crippen molar-refractivity contribution in [3.8, 4) is 44.8 Å². The predicted molar refractivity (Wildman–Crippen MR) is 221 cm³/mol. The molecule has 0 bridgehead atoms. The van der Waals surface area contributed by atoms with Crippen LogP contribution in [0.5, 0.6) is 0 Å². The smallest absolute Gasteiger partial charge is 0 e. The van der Waals surface area contributed by atoms with Gasteiger partial charge in [-0.25, -0.2) is 4.39 Å². The molecule has 8 aromatic rings. The molecule has 0 N–H and O–H groups in total. The van der Waals surface area contributed by atoms with Gasteiger partial charge in [0.2, 0.25) is 0 Å². The number of furan rings is 1. The predicted octanol–water partition coefficient (Wildman–Crippen LogP) is 12.5. The second kappa shape index (κ2) is 16.8. The van der Waals surface area contributed by atoms with Gasteiger partial charge in [-0.05, 0) is 41.7 Å². The maximum Gasteiger partial charge on any atom is 0 e. The van der Waals surface area contributed by atoms with Crippen molar-refractivity contribution in [3.05, 3.63) is 163 Å². The van der Waals surface area contributed by atoms with Crippen LogP contribution in [0.15, 0.2) is 138 Å². The molecule has 8 rings (SSSR count). The van der Waals surface area contributed by atoms with Gasteiger partial charge in [-0.3, -0.25) is 0 Å². The number of aromatic nitrogens is 2. The Kier molecular flexibility index (Phi) is 10.2. The number of benzene rings is 5. The van der Waals surface area contributed by atoms with Crippen LogP contribution < -0.4 is 4.40 Å². The van der Waals surface area contributed by atoms with Gasteiger partial charge in [0.1, 0.15) is 11.4 Å². The zero-order valence-corrected chi connectivity index (χ0v) is 35.3. The van der Waals surface area contributed by atoms with Crippen LogP contribution >= 0.6 is 0 Å². The molecule has 5 aromatic carbocycles. The van der Waals surface area contributed by atoms with Gasteiger partial charge >= 0.3 is 135 Å². The third-order valence-corrected chi connectivity index (χ3v) is 13.3. The number of fused-ring (bicyclic) bond motifs is 3. The van der Waals surface area contributed by atoms with Crippen LogP contribution in [-0.4, -0.2) is 23.2 Å². The van der Waals surface area contributed by atoms with Crippen LogP contribution in [0.2, 0.25) is 17.3 Å². The first-order valence-corrected chi connectivity index (χ1v) is 25.0. The monoisotopic (exact) mass is 954 g/mol. The Morgan fingerprint density at radius 3 is 2.30 bits per heavy atom. The quantitative estimate of drug-likeness (QED) is 0.118. The average Bonchev–Trinajstić information content (AvgIpc) is 3.61. The molecule has 6 heteroatoms. The Morgan fingerprint density at radius 2 is 1.59 bits per heavy atom. The number of pyridine rings is 2. The van der Waals surface area contributed by atoms with Gasteiger partial charge in [0, 0.05) is 44.1 Å². The summed E-state index contributed by atoms with van der Waals surface area (Å²) in [5.41, 5.74) is 8.12. The van der Waals surface area contributed by atoms with E-state index in [0.717, 1.165) is 16.8 Å². The van der Waals surface area contributed by atoms with Crippen LogP contribution in [0.3, 0.4) is 0 Å². The molecule has 0 amide bonds. The third kappa shape index (κ3) is 8.65. The van der Waals surface area contributed by atoms with E-state index in [9.17, 15) is 4.39 Å². The van der Waals surface area contributed by atoms with Crippen LogP contribution in [0, 0.1) is 30.7 Å². The van der Waals surface area contributed by atoms with Gasteiger partial charge in [-0.15, -0.1) is 17.7 Å². The number of aryl methyl sites for hydroxylation is 1. The van der Waals surface area contributed by atoms with Crippen molar-refractivity contribution >= 4 is 39.6 Å². The molecule has 54 heavy (non-hydrogen) atoms. The number of hydrogen-bond donors (Lipinski definition) is 0. The summed E-state index contributed by atoms with van der Waals surface area (Å²) < 4.78 is 62.7. The van der Waals surface area contributed by atoms with Crippen molar-refractivity contribution in [2.24, 2.45) is 5.92 Å². The van der Waals surface area contributed by atoms with Gasteiger partial charge in [0.25, 0.3) is 0 Å². The zero-order chi connectivity index (χ0) is 41.4. The average molecular weight is 953 g/mol. The van der Waals surface area contributed by atoms with Crippen LogP contribution in [0.25, 0.3) is 66.7 Å². The minimum Gasteiger partial charge on any atom is 0 e. The van der Waals surface area contributed by atoms with Crippen LogP contribution in [0.1, 0.15) is 31.8 Å². The first kappa shape index (κ1) is 32.7. The van der Waals surface area contributed by atoms with Gasteiger partial charge in [-0.1, -0.05) is 73.6 Å². The van der Waals surface area contributed by atoms with Crippen molar-refractivity contribution < 1.29 is 35.8 Å². The Labute approximate surface area is 341 Å². The molecule has 0 unspecified atom stereocenters. The Morgan fingerprint density at radius 1 is 0.796 bits per heavy atom. The number of halogens is 1.